The third kappa shape index (κ3) is 4.04. The van der Waals surface area contributed by atoms with Gasteiger partial charge in [-0.25, -0.2) is 5.01 Å². The summed E-state index contributed by atoms with van der Waals surface area (Å²) in [5.41, 5.74) is -0.717. The Morgan fingerprint density at radius 1 is 0.939 bits per heavy atom. The summed E-state index contributed by atoms with van der Waals surface area (Å²) in [6.45, 7) is -0.306. The maximum absolute atomic E-state index is 13.5. The van der Waals surface area contributed by atoms with Crippen molar-refractivity contribution in [2.75, 3.05) is 0 Å². The Labute approximate surface area is 202 Å². The van der Waals surface area contributed by atoms with Crippen LogP contribution in [-0.2, 0) is 6.54 Å². The van der Waals surface area contributed by atoms with Crippen LogP contribution in [0.3, 0.4) is 0 Å². The fraction of sp³-hybridized carbons (Fsp3) is 0.0455. The van der Waals surface area contributed by atoms with Gasteiger partial charge in [-0.15, -0.1) is 0 Å². The lowest BCUT2D eigenvalue weighted by Gasteiger charge is -2.30. The molecule has 0 N–H and O–H groups in total. The predicted octanol–water partition coefficient (Wildman–Crippen LogP) is 5.41. The Kier molecular flexibility index (Phi) is 6.07. The molecule has 3 aromatic carbocycles. The highest BCUT2D eigenvalue weighted by molar-refractivity contribution is 6.35. The van der Waals surface area contributed by atoms with E-state index in [-0.39, 0.29) is 27.7 Å². The number of carbonyl (C=O) groups excluding carboxylic acids is 3. The minimum absolute atomic E-state index is 0.0234. The second kappa shape index (κ2) is 8.82. The van der Waals surface area contributed by atoms with Crippen molar-refractivity contribution in [3.8, 4) is 0 Å². The SMILES string of the molecule is O=C(c1ccccc1Cl)N(Cc1ccc(Cl)cc1Cl)N1C(=O)c2cccc([N+](=O)[O-])c2C1=O. The zero-order chi connectivity index (χ0) is 23.9. The number of nitro benzene ring substituents is 1. The van der Waals surface area contributed by atoms with E-state index in [1.54, 1.807) is 12.1 Å². The van der Waals surface area contributed by atoms with Crippen LogP contribution in [0, 0.1) is 10.1 Å². The number of imide groups is 1. The number of halogens is 3. The first-order valence-electron chi connectivity index (χ1n) is 9.37. The molecule has 33 heavy (non-hydrogen) atoms. The molecule has 3 aromatic rings. The average molecular weight is 505 g/mol. The van der Waals surface area contributed by atoms with E-state index in [1.165, 1.54) is 42.5 Å². The van der Waals surface area contributed by atoms with E-state index in [1.807, 2.05) is 0 Å². The summed E-state index contributed by atoms with van der Waals surface area (Å²) < 4.78 is 0. The zero-order valence-corrected chi connectivity index (χ0v) is 18.8. The Balaban J connectivity index is 1.84. The van der Waals surface area contributed by atoms with Crippen molar-refractivity contribution in [2.24, 2.45) is 0 Å². The molecular weight excluding hydrogens is 493 g/mol. The summed E-state index contributed by atoms with van der Waals surface area (Å²) >= 11 is 18.4. The number of amides is 3. The summed E-state index contributed by atoms with van der Waals surface area (Å²) in [5.74, 6) is -2.67. The smallest absolute Gasteiger partial charge is 0.267 e. The number of nitro groups is 1. The molecule has 0 fully saturated rings. The Morgan fingerprint density at radius 2 is 1.67 bits per heavy atom. The fourth-order valence-electron chi connectivity index (χ4n) is 3.45. The summed E-state index contributed by atoms with van der Waals surface area (Å²) in [4.78, 5) is 50.6. The molecule has 4 rings (SSSR count). The van der Waals surface area contributed by atoms with Crippen molar-refractivity contribution < 1.29 is 19.3 Å². The zero-order valence-electron chi connectivity index (χ0n) is 16.5. The van der Waals surface area contributed by atoms with Crippen LogP contribution in [0.15, 0.2) is 60.7 Å². The van der Waals surface area contributed by atoms with Gasteiger partial charge in [0.15, 0.2) is 0 Å². The van der Waals surface area contributed by atoms with Crippen molar-refractivity contribution in [3.63, 3.8) is 0 Å². The van der Waals surface area contributed by atoms with Gasteiger partial charge < -0.3 is 0 Å². The van der Waals surface area contributed by atoms with Gasteiger partial charge in [-0.3, -0.25) is 24.5 Å². The van der Waals surface area contributed by atoms with E-state index in [4.69, 9.17) is 34.8 Å². The normalized spacial score (nSPS) is 12.6. The molecule has 8 nitrogen and oxygen atoms in total. The highest BCUT2D eigenvalue weighted by Gasteiger charge is 2.46. The molecule has 1 aliphatic heterocycles. The lowest BCUT2D eigenvalue weighted by atomic mass is 10.1. The number of benzene rings is 3. The molecule has 166 valence electrons. The van der Waals surface area contributed by atoms with Crippen molar-refractivity contribution in [3.05, 3.63) is 108 Å². The third-order valence-corrected chi connectivity index (χ3v) is 5.90. The lowest BCUT2D eigenvalue weighted by molar-refractivity contribution is -0.385. The van der Waals surface area contributed by atoms with E-state index >= 15 is 0 Å². The predicted molar refractivity (Wildman–Crippen MR) is 121 cm³/mol. The summed E-state index contributed by atoms with van der Waals surface area (Å²) in [6, 6.07) is 14.3. The molecule has 3 amide bonds. The minimum atomic E-state index is -1.01. The van der Waals surface area contributed by atoms with Crippen LogP contribution < -0.4 is 0 Å². The third-order valence-electron chi connectivity index (χ3n) is 4.98. The topological polar surface area (TPSA) is 101 Å². The molecule has 0 spiro atoms. The van der Waals surface area contributed by atoms with Gasteiger partial charge >= 0.3 is 0 Å². The molecule has 0 aliphatic carbocycles. The fourth-order valence-corrected chi connectivity index (χ4v) is 4.13. The van der Waals surface area contributed by atoms with Crippen LogP contribution in [0.4, 0.5) is 5.69 Å². The van der Waals surface area contributed by atoms with Gasteiger partial charge in [0.25, 0.3) is 23.4 Å². The minimum Gasteiger partial charge on any atom is -0.267 e. The molecule has 1 aliphatic rings. The number of fused-ring (bicyclic) bond motifs is 1. The van der Waals surface area contributed by atoms with Crippen molar-refractivity contribution >= 4 is 58.2 Å². The molecule has 0 bridgehead atoms. The summed E-state index contributed by atoms with van der Waals surface area (Å²) in [6.07, 6.45) is 0. The molecule has 0 saturated carbocycles. The van der Waals surface area contributed by atoms with Crippen LogP contribution in [0.25, 0.3) is 0 Å². The van der Waals surface area contributed by atoms with Crippen molar-refractivity contribution in [1.29, 1.82) is 0 Å². The number of nitrogens with zero attached hydrogens (tertiary/aromatic N) is 3. The molecular formula is C22H12Cl3N3O5. The van der Waals surface area contributed by atoms with E-state index < -0.39 is 33.9 Å². The van der Waals surface area contributed by atoms with Gasteiger partial charge in [0.05, 0.1) is 27.6 Å². The van der Waals surface area contributed by atoms with Gasteiger partial charge in [-0.05, 0) is 35.9 Å². The molecule has 0 radical (unpaired) electrons. The van der Waals surface area contributed by atoms with E-state index in [9.17, 15) is 24.5 Å². The molecule has 0 unspecified atom stereocenters. The second-order valence-electron chi connectivity index (χ2n) is 6.96. The largest absolute Gasteiger partial charge is 0.287 e. The first kappa shape index (κ1) is 22.7. The first-order valence-corrected chi connectivity index (χ1v) is 10.5. The highest BCUT2D eigenvalue weighted by Crippen LogP contribution is 2.34. The second-order valence-corrected chi connectivity index (χ2v) is 8.21. The van der Waals surface area contributed by atoms with Crippen LogP contribution in [0.2, 0.25) is 15.1 Å². The first-order chi connectivity index (χ1) is 15.7. The summed E-state index contributed by atoms with van der Waals surface area (Å²) in [5, 5.41) is 13.5. The monoisotopic (exact) mass is 503 g/mol. The standard InChI is InChI=1S/C22H12Cl3N3O5/c23-13-9-8-12(17(25)10-13)11-26(20(29)14-4-1-2-6-16(14)24)27-21(30)15-5-3-7-18(28(32)33)19(15)22(27)31/h1-10H,11H2. The van der Waals surface area contributed by atoms with Gasteiger partial charge in [0.1, 0.15) is 5.56 Å². The van der Waals surface area contributed by atoms with Gasteiger partial charge in [0.2, 0.25) is 0 Å². The van der Waals surface area contributed by atoms with Crippen LogP contribution in [0.5, 0.6) is 0 Å². The molecule has 11 heteroatoms. The number of hydrogen-bond donors (Lipinski definition) is 0. The van der Waals surface area contributed by atoms with Crippen LogP contribution in [0.1, 0.15) is 36.6 Å². The van der Waals surface area contributed by atoms with Gasteiger partial charge in [0, 0.05) is 16.1 Å². The van der Waals surface area contributed by atoms with Gasteiger partial charge in [-0.2, -0.15) is 5.01 Å². The van der Waals surface area contributed by atoms with E-state index in [0.29, 0.717) is 15.6 Å². The lowest BCUT2D eigenvalue weighted by Crippen LogP contribution is -2.49. The molecule has 0 aromatic heterocycles. The molecule has 0 atom stereocenters. The highest BCUT2D eigenvalue weighted by atomic mass is 35.5. The quantitative estimate of drug-likeness (QED) is 0.263. The van der Waals surface area contributed by atoms with Crippen LogP contribution >= 0.6 is 34.8 Å². The van der Waals surface area contributed by atoms with E-state index in [0.717, 1.165) is 11.1 Å². The Hall–Kier alpha value is -3.46. The average Bonchev–Trinajstić information content (AvgIpc) is 3.03. The number of carbonyl (C=O) groups is 3. The van der Waals surface area contributed by atoms with Crippen molar-refractivity contribution in [1.82, 2.24) is 10.0 Å². The maximum Gasteiger partial charge on any atom is 0.287 e. The van der Waals surface area contributed by atoms with E-state index in [2.05, 4.69) is 0 Å². The Bertz CT molecular complexity index is 1340. The molecule has 1 heterocycles. The van der Waals surface area contributed by atoms with Crippen molar-refractivity contribution in [2.45, 2.75) is 6.54 Å². The number of rotatable bonds is 5. The molecule has 0 saturated heterocycles. The number of hydrazine groups is 1. The van der Waals surface area contributed by atoms with Crippen LogP contribution in [-0.4, -0.2) is 32.7 Å². The maximum atomic E-state index is 13.5. The summed E-state index contributed by atoms with van der Waals surface area (Å²) in [7, 11) is 0. The number of hydrogen-bond acceptors (Lipinski definition) is 5. The Morgan fingerprint density at radius 3 is 2.33 bits per heavy atom. The van der Waals surface area contributed by atoms with Gasteiger partial charge in [-0.1, -0.05) is 59.1 Å².